The normalized spacial score (nSPS) is 12.2. The van der Waals surface area contributed by atoms with E-state index in [9.17, 15) is 5.11 Å². The van der Waals surface area contributed by atoms with Gasteiger partial charge in [0.25, 0.3) is 0 Å². The molecule has 0 aliphatic carbocycles. The lowest BCUT2D eigenvalue weighted by molar-refractivity contribution is 0.446. The molecule has 4 heteroatoms. The van der Waals surface area contributed by atoms with Crippen molar-refractivity contribution in [1.29, 1.82) is 0 Å². The lowest BCUT2D eigenvalue weighted by atomic mass is 9.79. The van der Waals surface area contributed by atoms with Crippen LogP contribution in [0.15, 0.2) is 140 Å². The molecule has 0 spiro atoms. The average molecular weight is 720 g/mol. The fraction of sp³-hybridized carbons (Fsp3) is 0.216. The molecule has 55 heavy (non-hydrogen) atoms. The van der Waals surface area contributed by atoms with Crippen molar-refractivity contribution in [1.82, 2.24) is 14.5 Å². The van der Waals surface area contributed by atoms with Crippen LogP contribution in [0, 0.1) is 0 Å². The molecule has 8 aromatic rings. The highest BCUT2D eigenvalue weighted by molar-refractivity contribution is 5.99. The minimum Gasteiger partial charge on any atom is -0.507 e. The molecule has 0 radical (unpaired) electrons. The number of phenols is 1. The summed E-state index contributed by atoms with van der Waals surface area (Å²) in [6, 6.07) is 47.2. The van der Waals surface area contributed by atoms with Gasteiger partial charge in [-0.1, -0.05) is 152 Å². The zero-order valence-corrected chi connectivity index (χ0v) is 33.1. The van der Waals surface area contributed by atoms with Crippen LogP contribution in [0.1, 0.15) is 78.0 Å². The van der Waals surface area contributed by atoms with Crippen LogP contribution in [0.5, 0.6) is 5.75 Å². The van der Waals surface area contributed by atoms with E-state index in [4.69, 9.17) is 9.97 Å². The highest BCUT2D eigenvalue weighted by atomic mass is 16.3. The van der Waals surface area contributed by atoms with Gasteiger partial charge in [-0.3, -0.25) is 9.55 Å². The van der Waals surface area contributed by atoms with Gasteiger partial charge in [0, 0.05) is 33.8 Å². The van der Waals surface area contributed by atoms with Crippen molar-refractivity contribution in [2.45, 2.75) is 72.1 Å². The molecule has 0 aliphatic rings. The summed E-state index contributed by atoms with van der Waals surface area (Å²) in [6.07, 6.45) is 1.91. The number of pyridine rings is 1. The second-order valence-corrected chi connectivity index (χ2v) is 17.1. The first-order chi connectivity index (χ1) is 26.3. The molecule has 0 saturated heterocycles. The van der Waals surface area contributed by atoms with Gasteiger partial charge in [0.1, 0.15) is 11.6 Å². The van der Waals surface area contributed by atoms with Crippen LogP contribution in [0.25, 0.3) is 72.4 Å². The first kappa shape index (κ1) is 36.0. The van der Waals surface area contributed by atoms with Crippen molar-refractivity contribution < 1.29 is 5.11 Å². The van der Waals surface area contributed by atoms with Gasteiger partial charge in [-0.05, 0) is 80.8 Å². The minimum absolute atomic E-state index is 0.157. The Hall–Kier alpha value is -6.00. The molecule has 0 bridgehead atoms. The number of aromatic nitrogens is 3. The minimum atomic E-state index is -0.298. The van der Waals surface area contributed by atoms with Gasteiger partial charge >= 0.3 is 0 Å². The molecular weight excluding hydrogens is 671 g/mol. The molecule has 2 aromatic heterocycles. The summed E-state index contributed by atoms with van der Waals surface area (Å²) in [5, 5.41) is 14.6. The zero-order valence-electron chi connectivity index (χ0n) is 33.1. The summed E-state index contributed by atoms with van der Waals surface area (Å²) < 4.78 is 2.26. The molecule has 0 aliphatic heterocycles. The maximum atomic E-state index is 12.3. The van der Waals surface area contributed by atoms with Crippen LogP contribution < -0.4 is 0 Å². The Labute approximate surface area is 325 Å². The van der Waals surface area contributed by atoms with Crippen molar-refractivity contribution in [3.8, 4) is 56.3 Å². The van der Waals surface area contributed by atoms with Crippen molar-refractivity contribution >= 4 is 21.8 Å². The van der Waals surface area contributed by atoms with Crippen LogP contribution >= 0.6 is 0 Å². The Balaban J connectivity index is 1.47. The van der Waals surface area contributed by atoms with Crippen LogP contribution in [-0.4, -0.2) is 19.6 Å². The predicted octanol–water partition coefficient (Wildman–Crippen LogP) is 13.7. The Bertz CT molecular complexity index is 2700. The fourth-order valence-corrected chi connectivity index (χ4v) is 7.72. The number of nitrogens with zero attached hydrogens (tertiary/aromatic N) is 3. The lowest BCUT2D eigenvalue weighted by Gasteiger charge is -2.27. The second kappa shape index (κ2) is 13.7. The van der Waals surface area contributed by atoms with Gasteiger partial charge < -0.3 is 5.11 Å². The van der Waals surface area contributed by atoms with Crippen LogP contribution in [0.3, 0.4) is 0 Å². The molecule has 0 unspecified atom stereocenters. The van der Waals surface area contributed by atoms with Gasteiger partial charge in [0.15, 0.2) is 0 Å². The molecular formula is C51H49N3O. The molecule has 4 nitrogen and oxygen atoms in total. The molecule has 0 fully saturated rings. The van der Waals surface area contributed by atoms with Crippen LogP contribution in [-0.2, 0) is 10.8 Å². The number of fused-ring (bicyclic) bond motifs is 2. The third-order valence-electron chi connectivity index (χ3n) is 10.8. The Morgan fingerprint density at radius 2 is 1.29 bits per heavy atom. The molecule has 0 atom stereocenters. The third-order valence-corrected chi connectivity index (χ3v) is 10.8. The van der Waals surface area contributed by atoms with Crippen molar-refractivity contribution in [3.05, 3.63) is 156 Å². The number of hydrogen-bond acceptors (Lipinski definition) is 3. The maximum absolute atomic E-state index is 12.3. The van der Waals surface area contributed by atoms with E-state index in [0.717, 1.165) is 72.3 Å². The van der Waals surface area contributed by atoms with E-state index in [-0.39, 0.29) is 16.6 Å². The van der Waals surface area contributed by atoms with E-state index in [1.54, 1.807) is 0 Å². The van der Waals surface area contributed by atoms with Gasteiger partial charge in [0.2, 0.25) is 0 Å². The Morgan fingerprint density at radius 3 is 2.04 bits per heavy atom. The SMILES string of the molecule is CC(C)c1cc(-c2nccc3ccccc23)cc(-c2cccc3c2nc(-c2cc(C(C)(C)C)cc(C(C)(C)C)c2O)n3-c2ccccc2-c2ccccc2)c1. The van der Waals surface area contributed by atoms with E-state index >= 15 is 0 Å². The highest BCUT2D eigenvalue weighted by Gasteiger charge is 2.29. The van der Waals surface area contributed by atoms with Crippen LogP contribution in [0.4, 0.5) is 0 Å². The zero-order chi connectivity index (χ0) is 38.6. The largest absolute Gasteiger partial charge is 0.507 e. The summed E-state index contributed by atoms with van der Waals surface area (Å²) in [5.74, 6) is 1.27. The third kappa shape index (κ3) is 6.61. The predicted molar refractivity (Wildman–Crippen MR) is 231 cm³/mol. The molecule has 0 amide bonds. The molecule has 1 N–H and O–H groups in total. The van der Waals surface area contributed by atoms with E-state index in [1.807, 2.05) is 12.3 Å². The fourth-order valence-electron chi connectivity index (χ4n) is 7.72. The summed E-state index contributed by atoms with van der Waals surface area (Å²) in [7, 11) is 0. The van der Waals surface area contributed by atoms with Gasteiger partial charge in [0.05, 0.1) is 28.0 Å². The molecule has 0 saturated carbocycles. The number of benzene rings is 6. The highest BCUT2D eigenvalue weighted by Crippen LogP contribution is 2.45. The lowest BCUT2D eigenvalue weighted by Crippen LogP contribution is -2.17. The number of phenolic OH excluding ortho intramolecular Hbond substituents is 1. The van der Waals surface area contributed by atoms with Crippen molar-refractivity contribution in [2.75, 3.05) is 0 Å². The topological polar surface area (TPSA) is 50.9 Å². The van der Waals surface area contributed by atoms with Crippen molar-refractivity contribution in [3.63, 3.8) is 0 Å². The Morgan fingerprint density at radius 1 is 0.600 bits per heavy atom. The number of rotatable bonds is 6. The quantitative estimate of drug-likeness (QED) is 0.186. The maximum Gasteiger partial charge on any atom is 0.149 e. The molecule has 6 aromatic carbocycles. The summed E-state index contributed by atoms with van der Waals surface area (Å²) >= 11 is 0. The average Bonchev–Trinajstić information content (AvgIpc) is 3.56. The van der Waals surface area contributed by atoms with Crippen molar-refractivity contribution in [2.24, 2.45) is 0 Å². The summed E-state index contributed by atoms with van der Waals surface area (Å²) in [6.45, 7) is 17.6. The second-order valence-electron chi connectivity index (χ2n) is 17.1. The first-order valence-corrected chi connectivity index (χ1v) is 19.3. The number of imidazole rings is 1. The molecule has 2 heterocycles. The van der Waals surface area contributed by atoms with E-state index < -0.39 is 0 Å². The van der Waals surface area contributed by atoms with Gasteiger partial charge in [-0.15, -0.1) is 0 Å². The molecule has 8 rings (SSSR count). The monoisotopic (exact) mass is 719 g/mol. The summed E-state index contributed by atoms with van der Waals surface area (Å²) in [4.78, 5) is 10.5. The van der Waals surface area contributed by atoms with Gasteiger partial charge in [-0.2, -0.15) is 0 Å². The van der Waals surface area contributed by atoms with E-state index in [0.29, 0.717) is 11.7 Å². The number of hydrogen-bond donors (Lipinski definition) is 1. The van der Waals surface area contributed by atoms with Crippen LogP contribution in [0.2, 0.25) is 0 Å². The van der Waals surface area contributed by atoms with E-state index in [1.165, 1.54) is 10.9 Å². The van der Waals surface area contributed by atoms with Gasteiger partial charge in [-0.25, -0.2) is 4.98 Å². The van der Waals surface area contributed by atoms with E-state index in [2.05, 4.69) is 187 Å². The number of para-hydroxylation sites is 2. The smallest absolute Gasteiger partial charge is 0.149 e. The first-order valence-electron chi connectivity index (χ1n) is 19.3. The number of aromatic hydroxyl groups is 1. The summed E-state index contributed by atoms with van der Waals surface area (Å²) in [5.41, 5.74) is 12.7. The Kier molecular flexibility index (Phi) is 8.96. The standard InChI is InChI=1S/C51H49N3O/c1-32(2)35-27-36(29-37(28-35)46-40-21-13-12-19-34(40)25-26-52-46)41-22-16-24-45-47(41)53-49(42-30-38(50(3,4)5)31-43(48(42)55)51(6,7)8)54(45)44-23-15-14-20-39(44)33-17-10-9-11-18-33/h9-32,55H,1-8H3. The molecule has 274 valence electrons.